The first-order chi connectivity index (χ1) is 17.2. The Balaban J connectivity index is 1.56. The van der Waals surface area contributed by atoms with Gasteiger partial charge in [0.05, 0.1) is 35.7 Å². The highest BCUT2D eigenvalue weighted by molar-refractivity contribution is 7.98. The van der Waals surface area contributed by atoms with Crippen LogP contribution in [0.15, 0.2) is 88.7 Å². The highest BCUT2D eigenvalue weighted by atomic mass is 32.2. The maximum Gasteiger partial charge on any atom is 0.297 e. The molecule has 0 bridgehead atoms. The van der Waals surface area contributed by atoms with Crippen molar-refractivity contribution in [2.75, 3.05) is 25.6 Å². The summed E-state index contributed by atoms with van der Waals surface area (Å²) in [6.07, 6.45) is -0.593. The van der Waals surface area contributed by atoms with Crippen molar-refractivity contribution in [3.8, 4) is 0 Å². The molecular formula is C26H30O7S3. The second-order valence-corrected chi connectivity index (χ2v) is 12.4. The molecule has 3 aromatic carbocycles. The molecule has 0 fully saturated rings. The standard InChI is InChI=1S/C26H30O7S3/c1-21-8-12-25(13-9-21)35(27,28)32-17-16-31-24(20-34-19-23-6-4-3-5-7-23)18-33-36(29,30)26-14-10-22(2)11-15-26/h3-15,24H,16-20H2,1-2H3. The lowest BCUT2D eigenvalue weighted by Gasteiger charge is -2.18. The fourth-order valence-corrected chi connectivity index (χ4v) is 5.93. The van der Waals surface area contributed by atoms with Crippen molar-refractivity contribution in [2.45, 2.75) is 35.5 Å². The maximum absolute atomic E-state index is 12.6. The third-order valence-electron chi connectivity index (χ3n) is 5.12. The monoisotopic (exact) mass is 550 g/mol. The summed E-state index contributed by atoms with van der Waals surface area (Å²) in [7, 11) is -7.87. The zero-order valence-electron chi connectivity index (χ0n) is 20.2. The first kappa shape index (κ1) is 28.4. The molecule has 36 heavy (non-hydrogen) atoms. The highest BCUT2D eigenvalue weighted by Gasteiger charge is 2.20. The van der Waals surface area contributed by atoms with E-state index in [9.17, 15) is 16.8 Å². The molecule has 0 amide bonds. The van der Waals surface area contributed by atoms with Gasteiger partial charge in [-0.3, -0.25) is 8.37 Å². The normalized spacial score (nSPS) is 12.9. The van der Waals surface area contributed by atoms with E-state index >= 15 is 0 Å². The molecule has 0 saturated heterocycles. The van der Waals surface area contributed by atoms with Crippen molar-refractivity contribution in [1.82, 2.24) is 0 Å². The molecule has 0 aromatic heterocycles. The van der Waals surface area contributed by atoms with Crippen molar-refractivity contribution < 1.29 is 29.9 Å². The summed E-state index contributed by atoms with van der Waals surface area (Å²) in [6.45, 7) is 3.27. The highest BCUT2D eigenvalue weighted by Crippen LogP contribution is 2.18. The Labute approximate surface area is 218 Å². The van der Waals surface area contributed by atoms with Gasteiger partial charge in [0.1, 0.15) is 0 Å². The lowest BCUT2D eigenvalue weighted by atomic mass is 10.2. The van der Waals surface area contributed by atoms with Crippen LogP contribution in [0, 0.1) is 13.8 Å². The van der Waals surface area contributed by atoms with E-state index in [2.05, 4.69) is 0 Å². The van der Waals surface area contributed by atoms with E-state index in [-0.39, 0.29) is 29.6 Å². The number of aryl methyl sites for hydroxylation is 2. The van der Waals surface area contributed by atoms with Crippen LogP contribution in [-0.2, 0) is 39.1 Å². The van der Waals surface area contributed by atoms with E-state index in [1.807, 2.05) is 44.2 Å². The van der Waals surface area contributed by atoms with Crippen LogP contribution < -0.4 is 0 Å². The average Bonchev–Trinajstić information content (AvgIpc) is 2.86. The average molecular weight is 551 g/mol. The second-order valence-electron chi connectivity index (χ2n) is 8.13. The zero-order chi connectivity index (χ0) is 26.0. The Morgan fingerprint density at radius 1 is 0.694 bits per heavy atom. The van der Waals surface area contributed by atoms with Crippen LogP contribution in [0.5, 0.6) is 0 Å². The number of rotatable bonds is 14. The number of hydrogen-bond donors (Lipinski definition) is 0. The van der Waals surface area contributed by atoms with E-state index in [0.29, 0.717) is 11.5 Å². The molecule has 0 aliphatic rings. The fourth-order valence-electron chi connectivity index (χ4n) is 3.10. The third kappa shape index (κ3) is 9.02. The van der Waals surface area contributed by atoms with Crippen molar-refractivity contribution >= 4 is 32.0 Å². The number of ether oxygens (including phenoxy) is 1. The molecule has 0 aliphatic heterocycles. The maximum atomic E-state index is 12.6. The van der Waals surface area contributed by atoms with E-state index in [1.54, 1.807) is 36.0 Å². The smallest absolute Gasteiger partial charge is 0.297 e. The number of benzene rings is 3. The molecule has 3 aromatic rings. The lowest BCUT2D eigenvalue weighted by molar-refractivity contribution is 0.0223. The van der Waals surface area contributed by atoms with Crippen LogP contribution in [-0.4, -0.2) is 48.5 Å². The van der Waals surface area contributed by atoms with Gasteiger partial charge in [0.2, 0.25) is 0 Å². The van der Waals surface area contributed by atoms with Crippen LogP contribution in [0.3, 0.4) is 0 Å². The van der Waals surface area contributed by atoms with Crippen molar-refractivity contribution in [3.05, 3.63) is 95.6 Å². The van der Waals surface area contributed by atoms with Gasteiger partial charge in [-0.05, 0) is 43.7 Å². The minimum Gasteiger partial charge on any atom is -0.372 e. The molecular weight excluding hydrogens is 520 g/mol. The molecule has 0 heterocycles. The molecule has 0 spiro atoms. The van der Waals surface area contributed by atoms with Gasteiger partial charge in [0.25, 0.3) is 20.2 Å². The van der Waals surface area contributed by atoms with Gasteiger partial charge < -0.3 is 4.74 Å². The van der Waals surface area contributed by atoms with Gasteiger partial charge in [0, 0.05) is 11.5 Å². The zero-order valence-corrected chi connectivity index (χ0v) is 22.7. The summed E-state index contributed by atoms with van der Waals surface area (Å²) in [4.78, 5) is 0.131. The van der Waals surface area contributed by atoms with Gasteiger partial charge in [0.15, 0.2) is 0 Å². The van der Waals surface area contributed by atoms with Crippen LogP contribution in [0.4, 0.5) is 0 Å². The molecule has 0 saturated carbocycles. The van der Waals surface area contributed by atoms with E-state index in [0.717, 1.165) is 16.7 Å². The predicted molar refractivity (Wildman–Crippen MR) is 141 cm³/mol. The Kier molecular flexibility index (Phi) is 10.5. The van der Waals surface area contributed by atoms with E-state index in [4.69, 9.17) is 13.1 Å². The van der Waals surface area contributed by atoms with Crippen LogP contribution in [0.1, 0.15) is 16.7 Å². The minimum absolute atomic E-state index is 0.0460. The quantitative estimate of drug-likeness (QED) is 0.210. The van der Waals surface area contributed by atoms with E-state index in [1.165, 1.54) is 24.3 Å². The topological polar surface area (TPSA) is 96.0 Å². The Morgan fingerprint density at radius 3 is 1.78 bits per heavy atom. The SMILES string of the molecule is Cc1ccc(S(=O)(=O)OCCOC(COS(=O)(=O)c2ccc(C)cc2)CSCc2ccccc2)cc1. The largest absolute Gasteiger partial charge is 0.372 e. The molecule has 3 rings (SSSR count). The molecule has 194 valence electrons. The summed E-state index contributed by atoms with van der Waals surface area (Å²) < 4.78 is 66.1. The Morgan fingerprint density at radius 2 is 1.22 bits per heavy atom. The van der Waals surface area contributed by atoms with Crippen molar-refractivity contribution in [3.63, 3.8) is 0 Å². The van der Waals surface area contributed by atoms with Gasteiger partial charge in [-0.15, -0.1) is 0 Å². The molecule has 0 radical (unpaired) electrons. The molecule has 0 aliphatic carbocycles. The Bertz CT molecular complexity index is 1290. The van der Waals surface area contributed by atoms with Gasteiger partial charge >= 0.3 is 0 Å². The van der Waals surface area contributed by atoms with Crippen LogP contribution in [0.25, 0.3) is 0 Å². The number of hydrogen-bond acceptors (Lipinski definition) is 8. The van der Waals surface area contributed by atoms with Crippen molar-refractivity contribution in [1.29, 1.82) is 0 Å². The minimum atomic E-state index is -3.96. The van der Waals surface area contributed by atoms with Gasteiger partial charge in [-0.25, -0.2) is 0 Å². The fraction of sp³-hybridized carbons (Fsp3) is 0.308. The molecule has 10 heteroatoms. The summed E-state index contributed by atoms with van der Waals surface area (Å²) in [5.74, 6) is 1.16. The lowest BCUT2D eigenvalue weighted by Crippen LogP contribution is -2.27. The van der Waals surface area contributed by atoms with Gasteiger partial charge in [-0.2, -0.15) is 28.6 Å². The summed E-state index contributed by atoms with van der Waals surface area (Å²) in [5.41, 5.74) is 3.00. The van der Waals surface area contributed by atoms with Gasteiger partial charge in [-0.1, -0.05) is 65.7 Å². The third-order valence-corrected chi connectivity index (χ3v) is 8.89. The molecule has 7 nitrogen and oxygen atoms in total. The van der Waals surface area contributed by atoms with Crippen molar-refractivity contribution in [2.24, 2.45) is 0 Å². The Hall–Kier alpha value is -2.21. The summed E-state index contributed by atoms with van der Waals surface area (Å²) in [5, 5.41) is 0. The first-order valence-electron chi connectivity index (χ1n) is 11.3. The second kappa shape index (κ2) is 13.4. The summed E-state index contributed by atoms with van der Waals surface area (Å²) >= 11 is 1.57. The van der Waals surface area contributed by atoms with E-state index < -0.39 is 26.3 Å². The molecule has 1 atom stereocenters. The predicted octanol–water partition coefficient (Wildman–Crippen LogP) is 4.73. The van der Waals surface area contributed by atoms with Crippen LogP contribution >= 0.6 is 11.8 Å². The first-order valence-corrected chi connectivity index (χ1v) is 15.3. The molecule has 0 N–H and O–H groups in total. The van der Waals surface area contributed by atoms with Crippen LogP contribution in [0.2, 0.25) is 0 Å². The molecule has 1 unspecified atom stereocenters. The number of thioether (sulfide) groups is 1. The summed E-state index contributed by atoms with van der Waals surface area (Å²) in [6, 6.07) is 22.6.